The van der Waals surface area contributed by atoms with Gasteiger partial charge in [0.1, 0.15) is 5.75 Å². The minimum absolute atomic E-state index is 0.0316. The predicted molar refractivity (Wildman–Crippen MR) is 98.9 cm³/mol. The number of hydrogen-bond donors (Lipinski definition) is 2. The van der Waals surface area contributed by atoms with Crippen molar-refractivity contribution in [2.24, 2.45) is 5.73 Å². The number of esters is 1. The van der Waals surface area contributed by atoms with Crippen LogP contribution in [0.1, 0.15) is 24.2 Å². The van der Waals surface area contributed by atoms with Gasteiger partial charge in [0, 0.05) is 5.69 Å². The molecule has 2 aromatic rings. The minimum atomic E-state index is -3.83. The lowest BCUT2D eigenvalue weighted by atomic mass is 10.2. The second kappa shape index (κ2) is 8.54. The standard InChI is InChI=1S/C18H20N2O6S/c1-3-25-15-8-6-14(7-9-15)20-27(23,24)16-10-4-13(5-11-16)18(22)26-12(2)17(19)21/h4-12,20H,3H2,1-2H3,(H2,19,21)/t12-/m0/s1. The van der Waals surface area contributed by atoms with Crippen molar-refractivity contribution in [3.63, 3.8) is 0 Å². The zero-order chi connectivity index (χ0) is 20.0. The van der Waals surface area contributed by atoms with E-state index in [1.807, 2.05) is 6.92 Å². The van der Waals surface area contributed by atoms with E-state index < -0.39 is 28.0 Å². The molecule has 2 rings (SSSR count). The first-order valence-electron chi connectivity index (χ1n) is 8.09. The molecule has 0 aliphatic heterocycles. The van der Waals surface area contributed by atoms with E-state index in [0.717, 1.165) is 0 Å². The van der Waals surface area contributed by atoms with Gasteiger partial charge in [-0.3, -0.25) is 9.52 Å². The van der Waals surface area contributed by atoms with Crippen LogP contribution in [0.2, 0.25) is 0 Å². The van der Waals surface area contributed by atoms with Crippen LogP contribution in [0.4, 0.5) is 5.69 Å². The molecule has 0 spiro atoms. The first-order valence-corrected chi connectivity index (χ1v) is 9.57. The molecule has 0 unspecified atom stereocenters. The van der Waals surface area contributed by atoms with Gasteiger partial charge in [-0.05, 0) is 62.4 Å². The normalized spacial score (nSPS) is 12.1. The summed E-state index contributed by atoms with van der Waals surface area (Å²) in [5.41, 5.74) is 5.50. The highest BCUT2D eigenvalue weighted by Gasteiger charge is 2.18. The summed E-state index contributed by atoms with van der Waals surface area (Å²) in [4.78, 5) is 22.8. The molecule has 1 amide bonds. The topological polar surface area (TPSA) is 125 Å². The van der Waals surface area contributed by atoms with Gasteiger partial charge in [0.15, 0.2) is 6.10 Å². The molecule has 0 aliphatic rings. The number of nitrogens with one attached hydrogen (secondary N) is 1. The van der Waals surface area contributed by atoms with Crippen LogP contribution in [0.3, 0.4) is 0 Å². The number of sulfonamides is 1. The maximum Gasteiger partial charge on any atom is 0.338 e. The molecule has 0 heterocycles. The van der Waals surface area contributed by atoms with Gasteiger partial charge in [0.2, 0.25) is 0 Å². The highest BCUT2D eigenvalue weighted by Crippen LogP contribution is 2.20. The van der Waals surface area contributed by atoms with E-state index >= 15 is 0 Å². The van der Waals surface area contributed by atoms with Crippen molar-refractivity contribution in [3.05, 3.63) is 54.1 Å². The van der Waals surface area contributed by atoms with Gasteiger partial charge >= 0.3 is 5.97 Å². The maximum absolute atomic E-state index is 12.4. The number of nitrogens with two attached hydrogens (primary N) is 1. The Kier molecular flexibility index (Phi) is 6.40. The molecule has 0 fully saturated rings. The Morgan fingerprint density at radius 3 is 2.19 bits per heavy atom. The fraction of sp³-hybridized carbons (Fsp3) is 0.222. The lowest BCUT2D eigenvalue weighted by molar-refractivity contribution is -0.125. The zero-order valence-electron chi connectivity index (χ0n) is 14.8. The summed E-state index contributed by atoms with van der Waals surface area (Å²) in [7, 11) is -3.83. The monoisotopic (exact) mass is 392 g/mol. The molecule has 144 valence electrons. The van der Waals surface area contributed by atoms with Crippen molar-refractivity contribution in [3.8, 4) is 5.75 Å². The van der Waals surface area contributed by atoms with E-state index in [1.54, 1.807) is 24.3 Å². The van der Waals surface area contributed by atoms with Gasteiger partial charge in [0.05, 0.1) is 17.1 Å². The second-order valence-corrected chi connectivity index (χ2v) is 7.22. The number of hydrogen-bond acceptors (Lipinski definition) is 6. The number of primary amides is 1. The quantitative estimate of drug-likeness (QED) is 0.661. The van der Waals surface area contributed by atoms with Crippen LogP contribution >= 0.6 is 0 Å². The second-order valence-electron chi connectivity index (χ2n) is 5.54. The maximum atomic E-state index is 12.4. The summed E-state index contributed by atoms with van der Waals surface area (Å²) in [6.45, 7) is 3.71. The van der Waals surface area contributed by atoms with Crippen LogP contribution in [0.25, 0.3) is 0 Å². The van der Waals surface area contributed by atoms with Crippen LogP contribution < -0.4 is 15.2 Å². The highest BCUT2D eigenvalue weighted by molar-refractivity contribution is 7.92. The largest absolute Gasteiger partial charge is 0.494 e. The van der Waals surface area contributed by atoms with Crippen molar-refractivity contribution in [2.45, 2.75) is 24.8 Å². The average Bonchev–Trinajstić information content (AvgIpc) is 2.63. The van der Waals surface area contributed by atoms with E-state index in [0.29, 0.717) is 18.0 Å². The SMILES string of the molecule is CCOc1ccc(NS(=O)(=O)c2ccc(C(=O)O[C@@H](C)C(N)=O)cc2)cc1. The summed E-state index contributed by atoms with van der Waals surface area (Å²) >= 11 is 0. The Bertz CT molecular complexity index is 908. The molecule has 9 heteroatoms. The lowest BCUT2D eigenvalue weighted by Crippen LogP contribution is -2.30. The molecule has 0 bridgehead atoms. The van der Waals surface area contributed by atoms with Gasteiger partial charge in [-0.15, -0.1) is 0 Å². The fourth-order valence-electron chi connectivity index (χ4n) is 2.06. The third kappa shape index (κ3) is 5.45. The Hall–Kier alpha value is -3.07. The number of rotatable bonds is 8. The van der Waals surface area contributed by atoms with Gasteiger partial charge in [-0.1, -0.05) is 0 Å². The van der Waals surface area contributed by atoms with Crippen molar-refractivity contribution < 1.29 is 27.5 Å². The minimum Gasteiger partial charge on any atom is -0.494 e. The molecule has 0 aliphatic carbocycles. The summed E-state index contributed by atoms with van der Waals surface area (Å²) in [5, 5.41) is 0. The summed E-state index contributed by atoms with van der Waals surface area (Å²) in [6, 6.07) is 11.6. The van der Waals surface area contributed by atoms with E-state index in [1.165, 1.54) is 31.2 Å². The average molecular weight is 392 g/mol. The molecule has 0 saturated carbocycles. The lowest BCUT2D eigenvalue weighted by Gasteiger charge is -2.11. The van der Waals surface area contributed by atoms with Gasteiger partial charge in [0.25, 0.3) is 15.9 Å². The Balaban J connectivity index is 2.10. The number of carbonyl (C=O) groups excluding carboxylic acids is 2. The summed E-state index contributed by atoms with van der Waals surface area (Å²) < 4.78 is 37.5. The van der Waals surface area contributed by atoms with Crippen molar-refractivity contribution in [1.82, 2.24) is 0 Å². The third-order valence-electron chi connectivity index (χ3n) is 3.50. The number of carbonyl (C=O) groups is 2. The molecule has 0 saturated heterocycles. The Labute approximate surface area is 157 Å². The fourth-order valence-corrected chi connectivity index (χ4v) is 3.12. The van der Waals surface area contributed by atoms with E-state index in [9.17, 15) is 18.0 Å². The first-order chi connectivity index (χ1) is 12.7. The van der Waals surface area contributed by atoms with Crippen molar-refractivity contribution >= 4 is 27.6 Å². The molecule has 0 aromatic heterocycles. The van der Waals surface area contributed by atoms with E-state index in [-0.39, 0.29) is 10.5 Å². The van der Waals surface area contributed by atoms with E-state index in [4.69, 9.17) is 15.2 Å². The molecular weight excluding hydrogens is 372 g/mol. The highest BCUT2D eigenvalue weighted by atomic mass is 32.2. The summed E-state index contributed by atoms with van der Waals surface area (Å²) in [6.07, 6.45) is -1.08. The Morgan fingerprint density at radius 2 is 1.67 bits per heavy atom. The van der Waals surface area contributed by atoms with Gasteiger partial charge < -0.3 is 15.2 Å². The number of amides is 1. The number of benzene rings is 2. The molecule has 8 nitrogen and oxygen atoms in total. The van der Waals surface area contributed by atoms with Crippen LogP contribution in [-0.2, 0) is 19.6 Å². The number of anilines is 1. The van der Waals surface area contributed by atoms with Crippen LogP contribution in [0.15, 0.2) is 53.4 Å². The smallest absolute Gasteiger partial charge is 0.338 e. The zero-order valence-corrected chi connectivity index (χ0v) is 15.7. The molecule has 27 heavy (non-hydrogen) atoms. The molecule has 3 N–H and O–H groups in total. The van der Waals surface area contributed by atoms with Crippen molar-refractivity contribution in [2.75, 3.05) is 11.3 Å². The molecule has 0 radical (unpaired) electrons. The van der Waals surface area contributed by atoms with Gasteiger partial charge in [-0.2, -0.15) is 0 Å². The first kappa shape index (κ1) is 20.2. The third-order valence-corrected chi connectivity index (χ3v) is 4.90. The summed E-state index contributed by atoms with van der Waals surface area (Å²) in [5.74, 6) is -0.916. The predicted octanol–water partition coefficient (Wildman–Crippen LogP) is 1.92. The molecule has 2 aromatic carbocycles. The van der Waals surface area contributed by atoms with Crippen LogP contribution in [0, 0.1) is 0 Å². The van der Waals surface area contributed by atoms with E-state index in [2.05, 4.69) is 4.72 Å². The van der Waals surface area contributed by atoms with Gasteiger partial charge in [-0.25, -0.2) is 13.2 Å². The van der Waals surface area contributed by atoms with Crippen LogP contribution in [-0.4, -0.2) is 33.0 Å². The van der Waals surface area contributed by atoms with Crippen molar-refractivity contribution in [1.29, 1.82) is 0 Å². The van der Waals surface area contributed by atoms with Crippen LogP contribution in [0.5, 0.6) is 5.75 Å². The molecular formula is C18H20N2O6S. The molecule has 1 atom stereocenters. The Morgan fingerprint density at radius 1 is 1.07 bits per heavy atom. The number of ether oxygens (including phenoxy) is 2.